The van der Waals surface area contributed by atoms with Gasteiger partial charge in [-0.1, -0.05) is 55.2 Å². The van der Waals surface area contributed by atoms with Crippen molar-refractivity contribution in [2.24, 2.45) is 11.8 Å². The molecule has 2 rings (SSSR count). The first-order valence-corrected chi connectivity index (χ1v) is 5.14. The van der Waals surface area contributed by atoms with Crippen LogP contribution in [0.5, 0.6) is 0 Å². The Bertz CT molecular complexity index is 323. The second kappa shape index (κ2) is 3.83. The van der Waals surface area contributed by atoms with Crippen molar-refractivity contribution < 1.29 is 0 Å². The highest BCUT2D eigenvalue weighted by atomic mass is 14.2. The fraction of sp³-hybridized carbons (Fsp3) is 0.286. The van der Waals surface area contributed by atoms with Crippen LogP contribution in [-0.4, -0.2) is 0 Å². The highest BCUT2D eigenvalue weighted by Crippen LogP contribution is 2.31. The van der Waals surface area contributed by atoms with E-state index in [-0.39, 0.29) is 0 Å². The molecular formula is C14H16. The topological polar surface area (TPSA) is 0 Å². The Labute approximate surface area is 86.0 Å². The van der Waals surface area contributed by atoms with Crippen molar-refractivity contribution in [1.29, 1.82) is 0 Å². The molecule has 72 valence electrons. The van der Waals surface area contributed by atoms with E-state index < -0.39 is 0 Å². The van der Waals surface area contributed by atoms with Crippen LogP contribution >= 0.6 is 0 Å². The lowest BCUT2D eigenvalue weighted by Crippen LogP contribution is -2.13. The summed E-state index contributed by atoms with van der Waals surface area (Å²) in [6.45, 7) is 7.96. The van der Waals surface area contributed by atoms with Gasteiger partial charge in [0.15, 0.2) is 0 Å². The minimum atomic E-state index is 0.536. The molecule has 0 aromatic carbocycles. The van der Waals surface area contributed by atoms with Crippen LogP contribution < -0.4 is 0 Å². The van der Waals surface area contributed by atoms with Gasteiger partial charge in [-0.3, -0.25) is 0 Å². The largest absolute Gasteiger partial charge is 0.0995 e. The normalized spacial score (nSPS) is 27.3. The van der Waals surface area contributed by atoms with Crippen molar-refractivity contribution >= 4 is 0 Å². The van der Waals surface area contributed by atoms with Crippen molar-refractivity contribution in [2.75, 3.05) is 0 Å². The molecule has 0 fully saturated rings. The van der Waals surface area contributed by atoms with E-state index in [4.69, 9.17) is 0 Å². The molecule has 0 bridgehead atoms. The SMILES string of the molecule is C=C1C=CC(C2C=CCC(=C)C2)C=C1. The van der Waals surface area contributed by atoms with Gasteiger partial charge in [0.25, 0.3) is 0 Å². The van der Waals surface area contributed by atoms with Crippen LogP contribution in [0.15, 0.2) is 60.8 Å². The molecule has 0 heterocycles. The lowest BCUT2D eigenvalue weighted by molar-refractivity contribution is 0.533. The molecule has 1 atom stereocenters. The summed E-state index contributed by atoms with van der Waals surface area (Å²) in [5.74, 6) is 1.14. The fourth-order valence-corrected chi connectivity index (χ4v) is 2.03. The van der Waals surface area contributed by atoms with Gasteiger partial charge in [-0.15, -0.1) is 0 Å². The Balaban J connectivity index is 2.09. The molecule has 0 aromatic rings. The first-order chi connectivity index (χ1) is 6.75. The van der Waals surface area contributed by atoms with Crippen molar-refractivity contribution in [1.82, 2.24) is 0 Å². The van der Waals surface area contributed by atoms with Gasteiger partial charge in [0.2, 0.25) is 0 Å². The predicted octanol–water partition coefficient (Wildman–Crippen LogP) is 3.81. The lowest BCUT2D eigenvalue weighted by atomic mass is 9.80. The highest BCUT2D eigenvalue weighted by molar-refractivity contribution is 5.34. The van der Waals surface area contributed by atoms with E-state index in [9.17, 15) is 0 Å². The third-order valence-corrected chi connectivity index (χ3v) is 2.87. The van der Waals surface area contributed by atoms with Gasteiger partial charge in [-0.05, 0) is 24.3 Å². The monoisotopic (exact) mass is 184 g/mol. The molecule has 0 saturated carbocycles. The van der Waals surface area contributed by atoms with Gasteiger partial charge in [0.05, 0.1) is 0 Å². The molecule has 2 aliphatic carbocycles. The van der Waals surface area contributed by atoms with Crippen molar-refractivity contribution in [2.45, 2.75) is 12.8 Å². The minimum Gasteiger partial charge on any atom is -0.0995 e. The molecule has 2 aliphatic rings. The Morgan fingerprint density at radius 3 is 2.43 bits per heavy atom. The molecule has 0 radical (unpaired) electrons. The van der Waals surface area contributed by atoms with E-state index in [0.29, 0.717) is 11.8 Å². The summed E-state index contributed by atoms with van der Waals surface area (Å²) in [7, 11) is 0. The van der Waals surface area contributed by atoms with Crippen molar-refractivity contribution in [3.05, 3.63) is 60.8 Å². The van der Waals surface area contributed by atoms with Gasteiger partial charge in [0.1, 0.15) is 0 Å². The second-order valence-electron chi connectivity index (χ2n) is 4.12. The van der Waals surface area contributed by atoms with Crippen molar-refractivity contribution in [3.63, 3.8) is 0 Å². The van der Waals surface area contributed by atoms with Gasteiger partial charge in [-0.25, -0.2) is 0 Å². The van der Waals surface area contributed by atoms with E-state index in [1.165, 1.54) is 5.57 Å². The average molecular weight is 184 g/mol. The third kappa shape index (κ3) is 1.95. The predicted molar refractivity (Wildman–Crippen MR) is 61.9 cm³/mol. The zero-order valence-corrected chi connectivity index (χ0v) is 8.45. The Kier molecular flexibility index (Phi) is 2.53. The highest BCUT2D eigenvalue weighted by Gasteiger charge is 2.18. The molecule has 14 heavy (non-hydrogen) atoms. The number of hydrogen-bond donors (Lipinski definition) is 0. The van der Waals surface area contributed by atoms with Crippen LogP contribution in [0.2, 0.25) is 0 Å². The summed E-state index contributed by atoms with van der Waals surface area (Å²) in [4.78, 5) is 0. The quantitative estimate of drug-likeness (QED) is 0.544. The number of allylic oxidation sites excluding steroid dienone is 8. The lowest BCUT2D eigenvalue weighted by Gasteiger charge is -2.24. The van der Waals surface area contributed by atoms with Gasteiger partial charge >= 0.3 is 0 Å². The molecular weight excluding hydrogens is 168 g/mol. The maximum Gasteiger partial charge on any atom is 0.00191 e. The zero-order valence-electron chi connectivity index (χ0n) is 8.45. The maximum absolute atomic E-state index is 4.06. The van der Waals surface area contributed by atoms with Gasteiger partial charge < -0.3 is 0 Å². The first-order valence-electron chi connectivity index (χ1n) is 5.14. The molecule has 0 saturated heterocycles. The van der Waals surface area contributed by atoms with E-state index in [2.05, 4.69) is 49.6 Å². The molecule has 0 amide bonds. The molecule has 0 heteroatoms. The summed E-state index contributed by atoms with van der Waals surface area (Å²) < 4.78 is 0. The summed E-state index contributed by atoms with van der Waals surface area (Å²) in [6, 6.07) is 0. The van der Waals surface area contributed by atoms with Crippen LogP contribution in [0.3, 0.4) is 0 Å². The summed E-state index contributed by atoms with van der Waals surface area (Å²) >= 11 is 0. The molecule has 0 spiro atoms. The van der Waals surface area contributed by atoms with Crippen LogP contribution in [-0.2, 0) is 0 Å². The van der Waals surface area contributed by atoms with Crippen LogP contribution in [0, 0.1) is 11.8 Å². The first kappa shape index (κ1) is 9.26. The summed E-state index contributed by atoms with van der Waals surface area (Å²) in [6.07, 6.45) is 15.5. The Morgan fingerprint density at radius 1 is 1.07 bits per heavy atom. The molecule has 0 aliphatic heterocycles. The second-order valence-corrected chi connectivity index (χ2v) is 4.12. The smallest absolute Gasteiger partial charge is 0.00191 e. The van der Waals surface area contributed by atoms with Gasteiger partial charge in [0, 0.05) is 5.92 Å². The van der Waals surface area contributed by atoms with E-state index >= 15 is 0 Å². The molecule has 0 aromatic heterocycles. The van der Waals surface area contributed by atoms with E-state index in [0.717, 1.165) is 18.4 Å². The third-order valence-electron chi connectivity index (χ3n) is 2.87. The van der Waals surface area contributed by atoms with E-state index in [1.807, 2.05) is 0 Å². The van der Waals surface area contributed by atoms with Crippen LogP contribution in [0.25, 0.3) is 0 Å². The zero-order chi connectivity index (χ0) is 9.97. The Morgan fingerprint density at radius 2 is 1.79 bits per heavy atom. The standard InChI is InChI=1S/C14H16/c1-11-6-8-13(9-7-11)14-5-3-4-12(2)10-14/h3,5-9,13-14H,1-2,4,10H2. The number of rotatable bonds is 1. The van der Waals surface area contributed by atoms with Gasteiger partial charge in [-0.2, -0.15) is 0 Å². The maximum atomic E-state index is 4.06. The van der Waals surface area contributed by atoms with Crippen molar-refractivity contribution in [3.8, 4) is 0 Å². The number of hydrogen-bond acceptors (Lipinski definition) is 0. The molecule has 1 unspecified atom stereocenters. The molecule has 0 N–H and O–H groups in total. The summed E-state index contributed by atoms with van der Waals surface area (Å²) in [5, 5.41) is 0. The van der Waals surface area contributed by atoms with E-state index in [1.54, 1.807) is 0 Å². The minimum absolute atomic E-state index is 0.536. The summed E-state index contributed by atoms with van der Waals surface area (Å²) in [5.41, 5.74) is 2.45. The Hall–Kier alpha value is -1.30. The molecule has 0 nitrogen and oxygen atoms in total. The fourth-order valence-electron chi connectivity index (χ4n) is 2.03. The average Bonchev–Trinajstić information content (AvgIpc) is 2.19. The van der Waals surface area contributed by atoms with Crippen LogP contribution in [0.1, 0.15) is 12.8 Å². The van der Waals surface area contributed by atoms with Crippen LogP contribution in [0.4, 0.5) is 0 Å².